The highest BCUT2D eigenvalue weighted by atomic mass is 19.4. The summed E-state index contributed by atoms with van der Waals surface area (Å²) in [4.78, 5) is 9.46. The van der Waals surface area contributed by atoms with E-state index in [2.05, 4.69) is 16.5 Å². The summed E-state index contributed by atoms with van der Waals surface area (Å²) in [7, 11) is 1.35. The Morgan fingerprint density at radius 2 is 1.79 bits per heavy atom. The van der Waals surface area contributed by atoms with E-state index < -0.39 is 17.4 Å². The van der Waals surface area contributed by atoms with Crippen LogP contribution in [-0.4, -0.2) is 44.4 Å². The maximum atomic E-state index is 13.0. The highest BCUT2D eigenvalue weighted by Gasteiger charge is 2.37. The summed E-state index contributed by atoms with van der Waals surface area (Å²) >= 11 is 0. The van der Waals surface area contributed by atoms with Gasteiger partial charge in [0.2, 0.25) is 0 Å². The van der Waals surface area contributed by atoms with Gasteiger partial charge in [0.05, 0.1) is 10.9 Å². The summed E-state index contributed by atoms with van der Waals surface area (Å²) in [5, 5.41) is 5.26. The van der Waals surface area contributed by atoms with E-state index in [1.165, 1.54) is 13.4 Å². The predicted octanol–water partition coefficient (Wildman–Crippen LogP) is 4.13. The third-order valence-corrected chi connectivity index (χ3v) is 4.80. The van der Waals surface area contributed by atoms with E-state index >= 15 is 0 Å². The second kappa shape index (κ2) is 7.06. The van der Waals surface area contributed by atoms with Crippen LogP contribution in [0, 0.1) is 6.92 Å². The van der Waals surface area contributed by atoms with Crippen molar-refractivity contribution in [3.8, 4) is 11.3 Å². The van der Waals surface area contributed by atoms with Crippen molar-refractivity contribution in [2.24, 2.45) is 0 Å². The minimum Gasteiger partial charge on any atom is -0.383 e. The molecule has 0 fully saturated rings. The first kappa shape index (κ1) is 20.6. The largest absolute Gasteiger partial charge is 0.430 e. The molecule has 3 rings (SSSR count). The predicted molar refractivity (Wildman–Crippen MR) is 107 cm³/mol. The van der Waals surface area contributed by atoms with Gasteiger partial charge in [0, 0.05) is 19.2 Å². The lowest BCUT2D eigenvalue weighted by Crippen LogP contribution is -2.42. The maximum absolute atomic E-state index is 13.0. The van der Waals surface area contributed by atoms with E-state index in [9.17, 15) is 13.2 Å². The van der Waals surface area contributed by atoms with Gasteiger partial charge in [-0.3, -0.25) is 0 Å². The molecule has 1 aromatic carbocycles. The molecule has 0 aliphatic heterocycles. The molecule has 6 nitrogen and oxygen atoms in total. The number of aryl methyl sites for hydroxylation is 1. The molecule has 0 bridgehead atoms. The molecule has 2 N–H and O–H groups in total. The number of nitrogen functional groups attached to an aromatic ring is 1. The molecule has 2 aromatic heterocycles. The Bertz CT molecular complexity index is 1050. The monoisotopic (exact) mass is 404 g/mol. The lowest BCUT2D eigenvalue weighted by Gasteiger charge is -2.33. The van der Waals surface area contributed by atoms with Crippen LogP contribution in [0.2, 0.25) is 0 Å². The topological polar surface area (TPSA) is 72.9 Å². The van der Waals surface area contributed by atoms with Crippen LogP contribution in [0.3, 0.4) is 0 Å². The van der Waals surface area contributed by atoms with Crippen LogP contribution < -0.4 is 5.73 Å². The third-order valence-electron chi connectivity index (χ3n) is 4.80. The van der Waals surface area contributed by atoms with Crippen LogP contribution in [0.1, 0.15) is 19.4 Å². The Labute approximate surface area is 166 Å². The van der Waals surface area contributed by atoms with Crippen LogP contribution >= 0.6 is 0 Å². The van der Waals surface area contributed by atoms with Gasteiger partial charge in [-0.05, 0) is 20.8 Å². The van der Waals surface area contributed by atoms with Gasteiger partial charge in [-0.25, -0.2) is 14.6 Å². The molecule has 0 spiro atoms. The summed E-state index contributed by atoms with van der Waals surface area (Å²) in [6, 6.07) is 7.73. The van der Waals surface area contributed by atoms with Gasteiger partial charge < -0.3 is 10.6 Å². The number of nitrogens with two attached hydrogens (primary N) is 1. The number of allylic oxidation sites excluding steroid dienone is 1. The number of halogens is 3. The zero-order valence-electron chi connectivity index (χ0n) is 16.7. The summed E-state index contributed by atoms with van der Waals surface area (Å²) in [6.07, 6.45) is -3.18. The van der Waals surface area contributed by atoms with E-state index in [1.807, 2.05) is 31.2 Å². The Kier molecular flexibility index (Phi) is 5.02. The average Bonchev–Trinajstić information content (AvgIpc) is 3.02. The van der Waals surface area contributed by atoms with Crippen LogP contribution in [0.15, 0.2) is 42.9 Å². The number of rotatable bonds is 5. The molecule has 154 valence electrons. The second-order valence-electron chi connectivity index (χ2n) is 7.70. The van der Waals surface area contributed by atoms with Gasteiger partial charge in [-0.15, -0.1) is 0 Å². The number of fused-ring (bicyclic) bond motifs is 1. The number of aromatic nitrogens is 4. The lowest BCUT2D eigenvalue weighted by molar-refractivity contribution is -0.110. The van der Waals surface area contributed by atoms with Crippen molar-refractivity contribution in [1.82, 2.24) is 24.6 Å². The van der Waals surface area contributed by atoms with Crippen LogP contribution in [0.25, 0.3) is 22.3 Å². The van der Waals surface area contributed by atoms with Gasteiger partial charge in [0.15, 0.2) is 5.65 Å². The molecule has 3 aromatic rings. The number of hydrogen-bond acceptors (Lipinski definition) is 5. The van der Waals surface area contributed by atoms with Crippen molar-refractivity contribution < 1.29 is 13.2 Å². The van der Waals surface area contributed by atoms with Crippen molar-refractivity contribution in [1.29, 1.82) is 0 Å². The lowest BCUT2D eigenvalue weighted by atomic mass is 10.0. The van der Waals surface area contributed by atoms with Gasteiger partial charge in [-0.1, -0.05) is 36.4 Å². The average molecular weight is 404 g/mol. The fourth-order valence-electron chi connectivity index (χ4n) is 3.27. The Balaban J connectivity index is 2.11. The molecule has 0 unspecified atom stereocenters. The fourth-order valence-corrected chi connectivity index (χ4v) is 3.27. The Morgan fingerprint density at radius 1 is 1.17 bits per heavy atom. The molecule has 0 amide bonds. The molecule has 0 aliphatic rings. The normalized spacial score (nSPS) is 12.4. The van der Waals surface area contributed by atoms with E-state index in [-0.39, 0.29) is 12.4 Å². The van der Waals surface area contributed by atoms with Crippen LogP contribution in [0.5, 0.6) is 0 Å². The number of benzene rings is 1. The first-order valence-corrected chi connectivity index (χ1v) is 8.96. The van der Waals surface area contributed by atoms with Crippen molar-refractivity contribution in [2.75, 3.05) is 19.3 Å². The molecular weight excluding hydrogens is 381 g/mol. The number of nitrogens with zero attached hydrogens (tertiary/aromatic N) is 5. The Hall–Kier alpha value is -3.10. The molecule has 0 radical (unpaired) electrons. The van der Waals surface area contributed by atoms with Gasteiger partial charge >= 0.3 is 6.18 Å². The molecule has 9 heteroatoms. The van der Waals surface area contributed by atoms with E-state index in [0.29, 0.717) is 16.7 Å². The highest BCUT2D eigenvalue weighted by molar-refractivity contribution is 5.98. The summed E-state index contributed by atoms with van der Waals surface area (Å²) in [6.45, 7) is 8.73. The molecule has 29 heavy (non-hydrogen) atoms. The SMILES string of the molecule is C=C(N(C)CC(C)(C)n1nc(-c2ccc(C)cc2)c2c(N)ncnc21)C(F)(F)F. The molecule has 2 heterocycles. The van der Waals surface area contributed by atoms with Crippen molar-refractivity contribution >= 4 is 16.9 Å². The first-order valence-electron chi connectivity index (χ1n) is 8.96. The molecule has 0 aliphatic carbocycles. The summed E-state index contributed by atoms with van der Waals surface area (Å²) in [5.41, 5.74) is 7.31. The number of likely N-dealkylation sites (N-methyl/N-ethyl adjacent to an activating group) is 1. The van der Waals surface area contributed by atoms with Gasteiger partial charge in [-0.2, -0.15) is 18.3 Å². The zero-order valence-corrected chi connectivity index (χ0v) is 16.7. The minimum absolute atomic E-state index is 0.0133. The van der Waals surface area contributed by atoms with Crippen LogP contribution in [-0.2, 0) is 5.54 Å². The summed E-state index contributed by atoms with van der Waals surface area (Å²) < 4.78 is 40.7. The fraction of sp³-hybridized carbons (Fsp3) is 0.350. The standard InChI is InChI=1S/C20H23F3N6/c1-12-6-8-14(9-7-12)16-15-17(24)25-11-26-18(15)29(27-16)19(3,4)10-28(5)13(2)20(21,22)23/h6-9,11H,2,10H2,1,3-5H3,(H2,24,25,26). The van der Waals surface area contributed by atoms with Gasteiger partial charge in [0.25, 0.3) is 0 Å². The maximum Gasteiger partial charge on any atom is 0.430 e. The van der Waals surface area contributed by atoms with Gasteiger partial charge in [0.1, 0.15) is 23.5 Å². The molecule has 0 saturated carbocycles. The quantitative estimate of drug-likeness (QED) is 0.692. The number of alkyl halides is 3. The summed E-state index contributed by atoms with van der Waals surface area (Å²) in [5.74, 6) is 0.265. The number of anilines is 1. The van der Waals surface area contributed by atoms with E-state index in [4.69, 9.17) is 10.8 Å². The molecule has 0 atom stereocenters. The Morgan fingerprint density at radius 3 is 2.38 bits per heavy atom. The van der Waals surface area contributed by atoms with Crippen LogP contribution in [0.4, 0.5) is 19.0 Å². The van der Waals surface area contributed by atoms with Crippen molar-refractivity contribution in [3.63, 3.8) is 0 Å². The third kappa shape index (κ3) is 3.90. The zero-order chi connectivity index (χ0) is 21.6. The molecular formula is C20H23F3N6. The smallest absolute Gasteiger partial charge is 0.383 e. The van der Waals surface area contributed by atoms with Crippen molar-refractivity contribution in [2.45, 2.75) is 32.5 Å². The first-order chi connectivity index (χ1) is 13.4. The van der Waals surface area contributed by atoms with Crippen molar-refractivity contribution in [3.05, 3.63) is 48.4 Å². The minimum atomic E-state index is -4.50. The van der Waals surface area contributed by atoms with E-state index in [1.54, 1.807) is 18.5 Å². The molecule has 0 saturated heterocycles. The second-order valence-corrected chi connectivity index (χ2v) is 7.70. The van der Waals surface area contributed by atoms with E-state index in [0.717, 1.165) is 16.0 Å². The number of hydrogen-bond donors (Lipinski definition) is 1. The highest BCUT2D eigenvalue weighted by Crippen LogP contribution is 2.34.